The number of ether oxygens (including phenoxy) is 2. The van der Waals surface area contributed by atoms with Gasteiger partial charge in [0, 0.05) is 19.6 Å². The molecule has 1 fully saturated rings. The fourth-order valence-electron chi connectivity index (χ4n) is 2.76. The minimum absolute atomic E-state index is 0.153. The highest BCUT2D eigenvalue weighted by Crippen LogP contribution is 2.35. The second kappa shape index (κ2) is 6.47. The highest BCUT2D eigenvalue weighted by molar-refractivity contribution is 5.65. The van der Waals surface area contributed by atoms with Crippen molar-refractivity contribution in [3.63, 3.8) is 0 Å². The lowest BCUT2D eigenvalue weighted by atomic mass is 10.1. The Morgan fingerprint density at radius 2 is 2.24 bits per heavy atom. The van der Waals surface area contributed by atoms with Crippen LogP contribution in [0.3, 0.4) is 0 Å². The number of methoxy groups -OCH3 is 1. The topological polar surface area (TPSA) is 59.5 Å². The average Bonchev–Trinajstić information content (AvgIpc) is 2.42. The van der Waals surface area contributed by atoms with Crippen molar-refractivity contribution in [1.29, 1.82) is 0 Å². The Labute approximate surface area is 126 Å². The summed E-state index contributed by atoms with van der Waals surface area (Å²) in [5.41, 5.74) is -0.204. The molecular formula is C15H26N4O2. The summed E-state index contributed by atoms with van der Waals surface area (Å²) >= 11 is 0. The first kappa shape index (κ1) is 15.8. The maximum atomic E-state index is 5.95. The summed E-state index contributed by atoms with van der Waals surface area (Å²) in [6.07, 6.45) is 2.77. The molecule has 1 N–H and O–H groups in total. The van der Waals surface area contributed by atoms with Crippen LogP contribution in [0.2, 0.25) is 0 Å². The van der Waals surface area contributed by atoms with Crippen molar-refractivity contribution in [1.82, 2.24) is 9.97 Å². The standard InChI is InChI=1S/C15H26N4O2/c1-6-7-16-13-12(20-5)14(18-10-17-13)19-8-11(2)21-15(3,4)9-19/h10-11H,6-9H2,1-5H3,(H,16,17,18). The Hall–Kier alpha value is -1.56. The molecule has 0 bridgehead atoms. The largest absolute Gasteiger partial charge is 0.490 e. The zero-order valence-electron chi connectivity index (χ0n) is 13.6. The highest BCUT2D eigenvalue weighted by atomic mass is 16.5. The van der Waals surface area contributed by atoms with Gasteiger partial charge in [0.1, 0.15) is 6.33 Å². The van der Waals surface area contributed by atoms with Gasteiger partial charge >= 0.3 is 0 Å². The van der Waals surface area contributed by atoms with Crippen LogP contribution in [0.4, 0.5) is 11.6 Å². The third kappa shape index (κ3) is 3.75. The maximum absolute atomic E-state index is 5.95. The molecule has 0 aliphatic carbocycles. The molecule has 2 heterocycles. The van der Waals surface area contributed by atoms with Gasteiger partial charge in [-0.2, -0.15) is 0 Å². The number of nitrogens with zero attached hydrogens (tertiary/aromatic N) is 3. The molecule has 1 aliphatic heterocycles. The van der Waals surface area contributed by atoms with Crippen molar-refractivity contribution >= 4 is 11.6 Å². The number of hydrogen-bond acceptors (Lipinski definition) is 6. The predicted octanol–water partition coefficient (Wildman–Crippen LogP) is 2.31. The van der Waals surface area contributed by atoms with Crippen LogP contribution in [0, 0.1) is 0 Å². The lowest BCUT2D eigenvalue weighted by molar-refractivity contribution is -0.0752. The van der Waals surface area contributed by atoms with Crippen molar-refractivity contribution in [2.24, 2.45) is 0 Å². The van der Waals surface area contributed by atoms with Crippen molar-refractivity contribution in [3.8, 4) is 5.75 Å². The van der Waals surface area contributed by atoms with Crippen LogP contribution in [0.15, 0.2) is 6.33 Å². The molecule has 6 nitrogen and oxygen atoms in total. The van der Waals surface area contributed by atoms with Crippen LogP contribution in [0.5, 0.6) is 5.75 Å². The monoisotopic (exact) mass is 294 g/mol. The first-order valence-electron chi connectivity index (χ1n) is 7.52. The zero-order chi connectivity index (χ0) is 15.5. The average molecular weight is 294 g/mol. The molecule has 1 unspecified atom stereocenters. The van der Waals surface area contributed by atoms with E-state index in [9.17, 15) is 0 Å². The van der Waals surface area contributed by atoms with Crippen LogP contribution in [-0.2, 0) is 4.74 Å². The Morgan fingerprint density at radius 3 is 2.86 bits per heavy atom. The van der Waals surface area contributed by atoms with Gasteiger partial charge in [0.15, 0.2) is 11.6 Å². The molecule has 118 valence electrons. The summed E-state index contributed by atoms with van der Waals surface area (Å²) in [6.45, 7) is 10.8. The maximum Gasteiger partial charge on any atom is 0.204 e. The Bertz CT molecular complexity index is 479. The van der Waals surface area contributed by atoms with E-state index in [-0.39, 0.29) is 11.7 Å². The van der Waals surface area contributed by atoms with E-state index in [0.29, 0.717) is 5.75 Å². The summed E-state index contributed by atoms with van der Waals surface area (Å²) in [6, 6.07) is 0. The van der Waals surface area contributed by atoms with Crippen LogP contribution >= 0.6 is 0 Å². The first-order chi connectivity index (χ1) is 9.96. The zero-order valence-corrected chi connectivity index (χ0v) is 13.6. The van der Waals surface area contributed by atoms with Crippen molar-refractivity contribution < 1.29 is 9.47 Å². The quantitative estimate of drug-likeness (QED) is 0.899. The lowest BCUT2D eigenvalue weighted by Gasteiger charge is -2.42. The fourth-order valence-corrected chi connectivity index (χ4v) is 2.76. The molecule has 2 rings (SSSR count). The van der Waals surface area contributed by atoms with E-state index >= 15 is 0 Å². The van der Waals surface area contributed by atoms with Crippen molar-refractivity contribution in [2.45, 2.75) is 45.8 Å². The van der Waals surface area contributed by atoms with Gasteiger partial charge in [-0.1, -0.05) is 6.92 Å². The van der Waals surface area contributed by atoms with E-state index in [1.165, 1.54) is 0 Å². The Balaban J connectivity index is 2.30. The molecule has 6 heteroatoms. The number of morpholine rings is 1. The first-order valence-corrected chi connectivity index (χ1v) is 7.52. The number of aromatic nitrogens is 2. The summed E-state index contributed by atoms with van der Waals surface area (Å²) in [5, 5.41) is 3.29. The minimum atomic E-state index is -0.204. The summed E-state index contributed by atoms with van der Waals surface area (Å²) < 4.78 is 11.5. The van der Waals surface area contributed by atoms with Crippen LogP contribution < -0.4 is 15.0 Å². The summed E-state index contributed by atoms with van der Waals surface area (Å²) in [5.74, 6) is 2.28. The van der Waals surface area contributed by atoms with Gasteiger partial charge in [0.25, 0.3) is 0 Å². The smallest absolute Gasteiger partial charge is 0.204 e. The van der Waals surface area contributed by atoms with Gasteiger partial charge in [-0.15, -0.1) is 0 Å². The third-order valence-electron chi connectivity index (χ3n) is 3.40. The SMILES string of the molecule is CCCNc1ncnc(N2CC(C)OC(C)(C)C2)c1OC. The van der Waals surface area contributed by atoms with Gasteiger partial charge in [0.05, 0.1) is 18.8 Å². The molecule has 0 radical (unpaired) electrons. The molecule has 21 heavy (non-hydrogen) atoms. The van der Waals surface area contributed by atoms with E-state index in [0.717, 1.165) is 37.7 Å². The van der Waals surface area contributed by atoms with Gasteiger partial charge < -0.3 is 19.7 Å². The van der Waals surface area contributed by atoms with Crippen LogP contribution in [-0.4, -0.2) is 48.4 Å². The normalized spacial score (nSPS) is 21.2. The second-order valence-electron chi connectivity index (χ2n) is 6.07. The molecule has 0 aromatic carbocycles. The number of anilines is 2. The van der Waals surface area contributed by atoms with E-state index in [1.807, 2.05) is 0 Å². The second-order valence-corrected chi connectivity index (χ2v) is 6.07. The van der Waals surface area contributed by atoms with Gasteiger partial charge in [-0.05, 0) is 27.2 Å². The molecule has 1 saturated heterocycles. The summed E-state index contributed by atoms with van der Waals surface area (Å²) in [4.78, 5) is 10.9. The summed E-state index contributed by atoms with van der Waals surface area (Å²) in [7, 11) is 1.66. The van der Waals surface area contributed by atoms with Crippen LogP contribution in [0.1, 0.15) is 34.1 Å². The van der Waals surface area contributed by atoms with E-state index in [1.54, 1.807) is 13.4 Å². The fraction of sp³-hybridized carbons (Fsp3) is 0.733. The third-order valence-corrected chi connectivity index (χ3v) is 3.40. The molecule has 1 atom stereocenters. The molecule has 1 aromatic heterocycles. The number of hydrogen-bond donors (Lipinski definition) is 1. The molecule has 0 saturated carbocycles. The van der Waals surface area contributed by atoms with Crippen molar-refractivity contribution in [3.05, 3.63) is 6.33 Å². The van der Waals surface area contributed by atoms with E-state index in [4.69, 9.17) is 9.47 Å². The van der Waals surface area contributed by atoms with Gasteiger partial charge in [-0.3, -0.25) is 0 Å². The number of rotatable bonds is 5. The highest BCUT2D eigenvalue weighted by Gasteiger charge is 2.33. The van der Waals surface area contributed by atoms with E-state index in [2.05, 4.69) is 47.9 Å². The van der Waals surface area contributed by atoms with Gasteiger partial charge in [0.2, 0.25) is 5.75 Å². The van der Waals surface area contributed by atoms with Gasteiger partial charge in [-0.25, -0.2) is 9.97 Å². The molecule has 0 spiro atoms. The molecule has 1 aromatic rings. The minimum Gasteiger partial charge on any atom is -0.490 e. The number of nitrogens with one attached hydrogen (secondary N) is 1. The van der Waals surface area contributed by atoms with E-state index < -0.39 is 0 Å². The molecule has 0 amide bonds. The lowest BCUT2D eigenvalue weighted by Crippen LogP contribution is -2.52. The van der Waals surface area contributed by atoms with Crippen molar-refractivity contribution in [2.75, 3.05) is 37.0 Å². The molecule has 1 aliphatic rings. The predicted molar refractivity (Wildman–Crippen MR) is 84.2 cm³/mol. The van der Waals surface area contributed by atoms with Crippen LogP contribution in [0.25, 0.3) is 0 Å². The Morgan fingerprint density at radius 1 is 1.48 bits per heavy atom. The molecular weight excluding hydrogens is 268 g/mol. The Kier molecular flexibility index (Phi) is 4.88.